The standard InChI is InChI=1S/C20H37N3/c1-18(2,3)15-14-13-22(10)11-12-23(14)17(20(7,8)9)21-16(15)19(4,5)6/h16H,11-13H2,1-10H3. The average Bonchev–Trinajstić information content (AvgIpc) is 2.32. The quantitative estimate of drug-likeness (QED) is 0.659. The second-order valence-corrected chi connectivity index (χ2v) is 10.5. The lowest BCUT2D eigenvalue weighted by Gasteiger charge is -2.50. The highest BCUT2D eigenvalue weighted by Crippen LogP contribution is 2.45. The highest BCUT2D eigenvalue weighted by atomic mass is 15.3. The minimum absolute atomic E-state index is 0.0775. The normalized spacial score (nSPS) is 24.7. The summed E-state index contributed by atoms with van der Waals surface area (Å²) in [5.41, 5.74) is 3.38. The van der Waals surface area contributed by atoms with E-state index in [1.807, 2.05) is 0 Å². The summed E-state index contributed by atoms with van der Waals surface area (Å²) < 4.78 is 0. The molecule has 0 saturated carbocycles. The molecular weight excluding hydrogens is 282 g/mol. The van der Waals surface area contributed by atoms with E-state index in [4.69, 9.17) is 4.99 Å². The Bertz CT molecular complexity index is 521. The summed E-state index contributed by atoms with van der Waals surface area (Å²) in [6.45, 7) is 24.1. The molecule has 3 nitrogen and oxygen atoms in total. The zero-order valence-electron chi connectivity index (χ0n) is 17.0. The van der Waals surface area contributed by atoms with Crippen molar-refractivity contribution in [1.29, 1.82) is 0 Å². The molecule has 2 aliphatic rings. The molecule has 0 N–H and O–H groups in total. The van der Waals surface area contributed by atoms with Crippen molar-refractivity contribution in [2.75, 3.05) is 26.7 Å². The SMILES string of the molecule is CN1CCN2C(C(C)(C)C)=NC(C(C)(C)C)C(C(C)(C)C)=C2C1. The second-order valence-electron chi connectivity index (χ2n) is 10.5. The Morgan fingerprint density at radius 2 is 1.43 bits per heavy atom. The first kappa shape index (κ1) is 18.5. The summed E-state index contributed by atoms with van der Waals surface area (Å²) in [5.74, 6) is 1.27. The molecule has 0 amide bonds. The summed E-state index contributed by atoms with van der Waals surface area (Å²) in [6, 6.07) is 0.259. The molecule has 0 aromatic carbocycles. The van der Waals surface area contributed by atoms with Crippen LogP contribution < -0.4 is 0 Å². The maximum absolute atomic E-state index is 5.35. The number of piperazine rings is 1. The Labute approximate surface area is 143 Å². The predicted molar refractivity (Wildman–Crippen MR) is 101 cm³/mol. The van der Waals surface area contributed by atoms with E-state index < -0.39 is 0 Å². The smallest absolute Gasteiger partial charge is 0.109 e. The van der Waals surface area contributed by atoms with Crippen LogP contribution in [0.2, 0.25) is 0 Å². The lowest BCUT2D eigenvalue weighted by Crippen LogP contribution is -2.55. The van der Waals surface area contributed by atoms with E-state index in [1.165, 1.54) is 17.1 Å². The number of rotatable bonds is 0. The number of amidine groups is 1. The third-order valence-electron chi connectivity index (χ3n) is 4.84. The highest BCUT2D eigenvalue weighted by molar-refractivity contribution is 5.90. The summed E-state index contributed by atoms with van der Waals surface area (Å²) >= 11 is 0. The second kappa shape index (κ2) is 5.61. The third-order valence-corrected chi connectivity index (χ3v) is 4.84. The summed E-state index contributed by atoms with van der Waals surface area (Å²) in [6.07, 6.45) is 0. The van der Waals surface area contributed by atoms with Gasteiger partial charge >= 0.3 is 0 Å². The molecule has 1 fully saturated rings. The number of aliphatic imine (C=N–C) groups is 1. The fourth-order valence-electron chi connectivity index (χ4n) is 3.77. The average molecular weight is 320 g/mol. The Morgan fingerprint density at radius 3 is 1.87 bits per heavy atom. The van der Waals surface area contributed by atoms with Crippen LogP contribution >= 0.6 is 0 Å². The van der Waals surface area contributed by atoms with Crippen LogP contribution in [0.1, 0.15) is 62.3 Å². The highest BCUT2D eigenvalue weighted by Gasteiger charge is 2.44. The molecular formula is C20H37N3. The number of fused-ring (bicyclic) bond motifs is 1. The van der Waals surface area contributed by atoms with Gasteiger partial charge in [0, 0.05) is 30.7 Å². The molecule has 3 heteroatoms. The van der Waals surface area contributed by atoms with E-state index in [-0.39, 0.29) is 22.3 Å². The van der Waals surface area contributed by atoms with Gasteiger partial charge in [-0.2, -0.15) is 0 Å². The molecule has 2 heterocycles. The minimum Gasteiger partial charge on any atom is -0.331 e. The Kier molecular flexibility index (Phi) is 4.52. The van der Waals surface area contributed by atoms with Gasteiger partial charge in [-0.3, -0.25) is 9.89 Å². The third kappa shape index (κ3) is 3.65. The van der Waals surface area contributed by atoms with E-state index in [1.54, 1.807) is 0 Å². The fourth-order valence-corrected chi connectivity index (χ4v) is 3.77. The van der Waals surface area contributed by atoms with E-state index >= 15 is 0 Å². The van der Waals surface area contributed by atoms with Gasteiger partial charge in [0.15, 0.2) is 0 Å². The number of nitrogens with zero attached hydrogens (tertiary/aromatic N) is 3. The molecule has 2 rings (SSSR count). The van der Waals surface area contributed by atoms with Gasteiger partial charge in [0.25, 0.3) is 0 Å². The maximum atomic E-state index is 5.35. The van der Waals surface area contributed by atoms with Crippen LogP contribution in [0.4, 0.5) is 0 Å². The molecule has 1 unspecified atom stereocenters. The summed E-state index contributed by atoms with van der Waals surface area (Å²) in [4.78, 5) is 10.3. The zero-order valence-corrected chi connectivity index (χ0v) is 17.0. The van der Waals surface area contributed by atoms with Gasteiger partial charge in [0.2, 0.25) is 0 Å². The minimum atomic E-state index is 0.0775. The van der Waals surface area contributed by atoms with Gasteiger partial charge in [-0.15, -0.1) is 0 Å². The van der Waals surface area contributed by atoms with Crippen molar-refractivity contribution < 1.29 is 0 Å². The zero-order chi connectivity index (χ0) is 17.8. The molecule has 132 valence electrons. The van der Waals surface area contributed by atoms with Crippen molar-refractivity contribution in [2.45, 2.75) is 68.4 Å². The van der Waals surface area contributed by atoms with Crippen LogP contribution in [0.15, 0.2) is 16.3 Å². The summed E-state index contributed by atoms with van der Waals surface area (Å²) in [7, 11) is 2.24. The van der Waals surface area contributed by atoms with Crippen LogP contribution in [-0.2, 0) is 0 Å². The van der Waals surface area contributed by atoms with Crippen molar-refractivity contribution in [3.63, 3.8) is 0 Å². The van der Waals surface area contributed by atoms with E-state index in [0.29, 0.717) is 0 Å². The van der Waals surface area contributed by atoms with Crippen LogP contribution in [0.3, 0.4) is 0 Å². The first-order valence-electron chi connectivity index (χ1n) is 9.01. The van der Waals surface area contributed by atoms with E-state index in [9.17, 15) is 0 Å². The van der Waals surface area contributed by atoms with E-state index in [2.05, 4.69) is 79.2 Å². The van der Waals surface area contributed by atoms with Crippen LogP contribution in [0, 0.1) is 16.2 Å². The monoisotopic (exact) mass is 319 g/mol. The molecule has 0 aromatic heterocycles. The molecule has 23 heavy (non-hydrogen) atoms. The number of hydrogen-bond acceptors (Lipinski definition) is 3. The van der Waals surface area contributed by atoms with Crippen molar-refractivity contribution in [3.05, 3.63) is 11.3 Å². The van der Waals surface area contributed by atoms with Crippen molar-refractivity contribution >= 4 is 5.84 Å². The maximum Gasteiger partial charge on any atom is 0.109 e. The number of likely N-dealkylation sites (N-methyl/N-ethyl adjacent to an activating group) is 1. The Hall–Kier alpha value is -0.830. The van der Waals surface area contributed by atoms with Crippen LogP contribution in [0.25, 0.3) is 0 Å². The van der Waals surface area contributed by atoms with Gasteiger partial charge in [-0.25, -0.2) is 0 Å². The Morgan fingerprint density at radius 1 is 0.870 bits per heavy atom. The Balaban J connectivity index is 2.68. The summed E-state index contributed by atoms with van der Waals surface area (Å²) in [5, 5.41) is 0. The van der Waals surface area contributed by atoms with Gasteiger partial charge in [0.05, 0.1) is 6.04 Å². The molecule has 0 radical (unpaired) electrons. The molecule has 0 spiro atoms. The topological polar surface area (TPSA) is 18.8 Å². The van der Waals surface area contributed by atoms with Gasteiger partial charge in [0.1, 0.15) is 5.84 Å². The fraction of sp³-hybridized carbons (Fsp3) is 0.850. The van der Waals surface area contributed by atoms with Gasteiger partial charge < -0.3 is 4.90 Å². The number of hydrogen-bond donors (Lipinski definition) is 0. The molecule has 0 aromatic rings. The molecule has 1 saturated heterocycles. The predicted octanol–water partition coefficient (Wildman–Crippen LogP) is 4.41. The molecule has 1 atom stereocenters. The van der Waals surface area contributed by atoms with E-state index in [0.717, 1.165) is 19.6 Å². The lowest BCUT2D eigenvalue weighted by molar-refractivity contribution is 0.214. The largest absolute Gasteiger partial charge is 0.331 e. The molecule has 0 bridgehead atoms. The molecule has 0 aliphatic carbocycles. The van der Waals surface area contributed by atoms with Gasteiger partial charge in [-0.05, 0) is 23.5 Å². The molecule has 2 aliphatic heterocycles. The van der Waals surface area contributed by atoms with Gasteiger partial charge in [-0.1, -0.05) is 62.3 Å². The van der Waals surface area contributed by atoms with Crippen molar-refractivity contribution in [3.8, 4) is 0 Å². The van der Waals surface area contributed by atoms with Crippen molar-refractivity contribution in [2.24, 2.45) is 21.2 Å². The van der Waals surface area contributed by atoms with Crippen molar-refractivity contribution in [1.82, 2.24) is 9.80 Å². The van der Waals surface area contributed by atoms with Crippen LogP contribution in [0.5, 0.6) is 0 Å². The van der Waals surface area contributed by atoms with Crippen LogP contribution in [-0.4, -0.2) is 48.4 Å². The first-order valence-corrected chi connectivity index (χ1v) is 9.01. The lowest BCUT2D eigenvalue weighted by atomic mass is 9.70. The first-order chi connectivity index (χ1) is 10.2.